The van der Waals surface area contributed by atoms with Gasteiger partial charge in [-0.3, -0.25) is 9.69 Å². The highest BCUT2D eigenvalue weighted by atomic mass is 16.6. The van der Waals surface area contributed by atoms with E-state index >= 15 is 0 Å². The number of nitrogens with one attached hydrogen (secondary N) is 1. The second-order valence-corrected chi connectivity index (χ2v) is 11.3. The number of piperidine rings is 1. The molecule has 1 aliphatic heterocycles. The van der Waals surface area contributed by atoms with Crippen molar-refractivity contribution in [2.45, 2.75) is 77.4 Å². The van der Waals surface area contributed by atoms with Gasteiger partial charge in [0.25, 0.3) is 0 Å². The summed E-state index contributed by atoms with van der Waals surface area (Å²) in [6, 6.07) is 30.4. The van der Waals surface area contributed by atoms with Gasteiger partial charge in [0.15, 0.2) is 0 Å². The first-order valence-corrected chi connectivity index (χ1v) is 13.9. The molecule has 206 valence electrons. The molecule has 1 aliphatic rings. The van der Waals surface area contributed by atoms with Crippen LogP contribution in [0.5, 0.6) is 0 Å². The zero-order valence-corrected chi connectivity index (χ0v) is 23.4. The van der Waals surface area contributed by atoms with Gasteiger partial charge in [0.2, 0.25) is 5.91 Å². The maximum atomic E-state index is 13.4. The van der Waals surface area contributed by atoms with Crippen LogP contribution < -0.4 is 5.32 Å². The number of likely N-dealkylation sites (tertiary alicyclic amines) is 1. The maximum absolute atomic E-state index is 13.4. The number of amides is 2. The molecule has 6 nitrogen and oxygen atoms in total. The van der Waals surface area contributed by atoms with Crippen LogP contribution in [-0.4, -0.2) is 46.0 Å². The highest BCUT2D eigenvalue weighted by Gasteiger charge is 2.40. The molecule has 2 amide bonds. The van der Waals surface area contributed by atoms with E-state index in [1.54, 1.807) is 4.90 Å². The lowest BCUT2D eigenvalue weighted by atomic mass is 9.91. The number of carbonyl (C=O) groups is 2. The molecule has 4 rings (SSSR count). The van der Waals surface area contributed by atoms with E-state index in [1.165, 1.54) is 11.1 Å². The normalized spacial score (nSPS) is 17.6. The predicted octanol–water partition coefficient (Wildman–Crippen LogP) is 6.16. The van der Waals surface area contributed by atoms with Crippen molar-refractivity contribution in [3.05, 3.63) is 108 Å². The minimum Gasteiger partial charge on any atom is -0.444 e. The summed E-state index contributed by atoms with van der Waals surface area (Å²) in [5.74, 6) is -0.0660. The number of hydrogen-bond donors (Lipinski definition) is 1. The van der Waals surface area contributed by atoms with Crippen LogP contribution >= 0.6 is 0 Å². The summed E-state index contributed by atoms with van der Waals surface area (Å²) in [5.41, 5.74) is 2.84. The Labute approximate surface area is 233 Å². The molecule has 0 aromatic heterocycles. The lowest BCUT2D eigenvalue weighted by Crippen LogP contribution is -2.58. The first-order valence-electron chi connectivity index (χ1n) is 13.9. The molecule has 1 N–H and O–H groups in total. The van der Waals surface area contributed by atoms with Gasteiger partial charge in [-0.15, -0.1) is 0 Å². The van der Waals surface area contributed by atoms with Gasteiger partial charge in [-0.2, -0.15) is 0 Å². The van der Waals surface area contributed by atoms with Crippen LogP contribution in [0.4, 0.5) is 4.79 Å². The lowest BCUT2D eigenvalue weighted by Gasteiger charge is -2.46. The molecule has 3 aromatic rings. The standard InChI is InChI=1S/C33H41N3O3/c1-33(2,3)39-32(38)36-21-13-20-29(30(36)22-31(37)34-23-26-14-7-4-8-15-26)35(24-27-16-9-5-10-17-27)25-28-18-11-6-12-19-28/h4-12,14-19,29-30H,13,20-25H2,1-3H3,(H,34,37)/t29-,30+/m0/s1. The second-order valence-electron chi connectivity index (χ2n) is 11.3. The average Bonchev–Trinajstić information content (AvgIpc) is 2.92. The number of carbonyl (C=O) groups excluding carboxylic acids is 2. The second kappa shape index (κ2) is 13.4. The molecule has 1 heterocycles. The van der Waals surface area contributed by atoms with Gasteiger partial charge in [0.1, 0.15) is 5.60 Å². The van der Waals surface area contributed by atoms with Crippen LogP contribution in [0.15, 0.2) is 91.0 Å². The van der Waals surface area contributed by atoms with E-state index in [0.29, 0.717) is 13.1 Å². The molecule has 0 spiro atoms. The number of ether oxygens (including phenoxy) is 1. The third-order valence-corrected chi connectivity index (χ3v) is 7.02. The highest BCUT2D eigenvalue weighted by Crippen LogP contribution is 2.29. The Morgan fingerprint density at radius 1 is 0.846 bits per heavy atom. The van der Waals surface area contributed by atoms with Crippen LogP contribution in [0, 0.1) is 0 Å². The molecule has 39 heavy (non-hydrogen) atoms. The van der Waals surface area contributed by atoms with Gasteiger partial charge in [0.05, 0.1) is 6.04 Å². The van der Waals surface area contributed by atoms with Crippen molar-refractivity contribution in [1.82, 2.24) is 15.1 Å². The zero-order valence-electron chi connectivity index (χ0n) is 23.4. The summed E-state index contributed by atoms with van der Waals surface area (Å²) >= 11 is 0. The fourth-order valence-electron chi connectivity index (χ4n) is 5.24. The smallest absolute Gasteiger partial charge is 0.410 e. The molecule has 1 saturated heterocycles. The number of nitrogens with zero attached hydrogens (tertiary/aromatic N) is 2. The van der Waals surface area contributed by atoms with Gasteiger partial charge in [-0.25, -0.2) is 4.79 Å². The fraction of sp³-hybridized carbons (Fsp3) is 0.394. The Bertz CT molecular complexity index is 1140. The Morgan fingerprint density at radius 2 is 1.36 bits per heavy atom. The maximum Gasteiger partial charge on any atom is 0.410 e. The number of benzene rings is 3. The van der Waals surface area contributed by atoms with Crippen molar-refractivity contribution in [3.8, 4) is 0 Å². The molecule has 0 unspecified atom stereocenters. The monoisotopic (exact) mass is 527 g/mol. The molecular formula is C33H41N3O3. The van der Waals surface area contributed by atoms with Gasteiger partial charge in [-0.1, -0.05) is 91.0 Å². The first kappa shape index (κ1) is 28.4. The molecule has 6 heteroatoms. The Morgan fingerprint density at radius 3 is 1.87 bits per heavy atom. The summed E-state index contributed by atoms with van der Waals surface area (Å²) < 4.78 is 5.82. The van der Waals surface area contributed by atoms with Crippen molar-refractivity contribution >= 4 is 12.0 Å². The lowest BCUT2D eigenvalue weighted by molar-refractivity contribution is -0.123. The van der Waals surface area contributed by atoms with Crippen LogP contribution in [0.25, 0.3) is 0 Å². The quantitative estimate of drug-likeness (QED) is 0.362. The third-order valence-electron chi connectivity index (χ3n) is 7.02. The van der Waals surface area contributed by atoms with Crippen LogP contribution in [0.3, 0.4) is 0 Å². The van der Waals surface area contributed by atoms with E-state index in [2.05, 4.69) is 58.7 Å². The van der Waals surface area contributed by atoms with Crippen LogP contribution in [-0.2, 0) is 29.2 Å². The summed E-state index contributed by atoms with van der Waals surface area (Å²) in [6.45, 7) is 8.13. The van der Waals surface area contributed by atoms with Crippen LogP contribution in [0.1, 0.15) is 56.7 Å². The number of rotatable bonds is 9. The Kier molecular flexibility index (Phi) is 9.77. The number of hydrogen-bond acceptors (Lipinski definition) is 4. The minimum absolute atomic E-state index is 0.00541. The Hall–Kier alpha value is -3.64. The van der Waals surface area contributed by atoms with E-state index in [0.717, 1.165) is 31.5 Å². The third kappa shape index (κ3) is 8.69. The van der Waals surface area contributed by atoms with E-state index in [-0.39, 0.29) is 30.5 Å². The summed E-state index contributed by atoms with van der Waals surface area (Å²) in [6.07, 6.45) is 1.62. The molecule has 3 aromatic carbocycles. The molecule has 2 atom stereocenters. The topological polar surface area (TPSA) is 61.9 Å². The minimum atomic E-state index is -0.613. The van der Waals surface area contributed by atoms with Gasteiger partial charge in [-0.05, 0) is 50.3 Å². The van der Waals surface area contributed by atoms with Crippen molar-refractivity contribution in [3.63, 3.8) is 0 Å². The summed E-state index contributed by atoms with van der Waals surface area (Å²) in [5, 5.41) is 3.08. The van der Waals surface area contributed by atoms with E-state index in [1.807, 2.05) is 63.2 Å². The predicted molar refractivity (Wildman–Crippen MR) is 155 cm³/mol. The highest BCUT2D eigenvalue weighted by molar-refractivity contribution is 5.78. The molecule has 0 saturated carbocycles. The SMILES string of the molecule is CC(C)(C)OC(=O)N1CCC[C@H](N(Cc2ccccc2)Cc2ccccc2)[C@H]1CC(=O)NCc1ccccc1. The van der Waals surface area contributed by atoms with Crippen LogP contribution in [0.2, 0.25) is 0 Å². The largest absolute Gasteiger partial charge is 0.444 e. The van der Waals surface area contributed by atoms with Gasteiger partial charge < -0.3 is 15.0 Å². The average molecular weight is 528 g/mol. The van der Waals surface area contributed by atoms with Gasteiger partial charge in [0, 0.05) is 38.6 Å². The van der Waals surface area contributed by atoms with Gasteiger partial charge >= 0.3 is 6.09 Å². The fourth-order valence-corrected chi connectivity index (χ4v) is 5.24. The van der Waals surface area contributed by atoms with Crippen molar-refractivity contribution in [2.75, 3.05) is 6.54 Å². The Balaban J connectivity index is 1.60. The van der Waals surface area contributed by atoms with Crippen molar-refractivity contribution in [2.24, 2.45) is 0 Å². The molecule has 0 aliphatic carbocycles. The molecule has 0 radical (unpaired) electrons. The summed E-state index contributed by atoms with van der Waals surface area (Å²) in [4.78, 5) is 31.0. The van der Waals surface area contributed by atoms with Crippen molar-refractivity contribution < 1.29 is 14.3 Å². The molecule has 0 bridgehead atoms. The zero-order chi connectivity index (χ0) is 27.7. The summed E-state index contributed by atoms with van der Waals surface area (Å²) in [7, 11) is 0. The molecular weight excluding hydrogens is 486 g/mol. The van der Waals surface area contributed by atoms with E-state index in [4.69, 9.17) is 4.74 Å². The first-order chi connectivity index (χ1) is 18.8. The van der Waals surface area contributed by atoms with E-state index in [9.17, 15) is 9.59 Å². The van der Waals surface area contributed by atoms with E-state index < -0.39 is 5.60 Å². The van der Waals surface area contributed by atoms with Crippen molar-refractivity contribution in [1.29, 1.82) is 0 Å². The molecule has 1 fully saturated rings.